The largest absolute Gasteiger partial charge is 0.369 e. The SMILES string of the molecule is Cc1nn(C)c2c1nc(N)n2Cc1ccc(Cl)s1. The fourth-order valence-corrected chi connectivity index (χ4v) is 3.18. The van der Waals surface area contributed by atoms with E-state index in [1.807, 2.05) is 35.4 Å². The molecule has 0 atom stereocenters. The topological polar surface area (TPSA) is 61.7 Å². The molecule has 0 bridgehead atoms. The third-order valence-electron chi connectivity index (χ3n) is 2.86. The molecule has 3 rings (SSSR count). The third kappa shape index (κ3) is 1.69. The van der Waals surface area contributed by atoms with E-state index in [-0.39, 0.29) is 0 Å². The smallest absolute Gasteiger partial charge is 0.202 e. The van der Waals surface area contributed by atoms with Gasteiger partial charge >= 0.3 is 0 Å². The average Bonchev–Trinajstić information content (AvgIpc) is 2.91. The number of anilines is 1. The van der Waals surface area contributed by atoms with Crippen molar-refractivity contribution in [2.24, 2.45) is 7.05 Å². The van der Waals surface area contributed by atoms with E-state index < -0.39 is 0 Å². The molecule has 0 aliphatic rings. The molecule has 0 unspecified atom stereocenters. The van der Waals surface area contributed by atoms with Crippen LogP contribution in [0.5, 0.6) is 0 Å². The number of hydrogen-bond acceptors (Lipinski definition) is 4. The Balaban J connectivity index is 2.13. The Morgan fingerprint density at radius 1 is 1.44 bits per heavy atom. The Labute approximate surface area is 113 Å². The highest BCUT2D eigenvalue weighted by molar-refractivity contribution is 7.16. The standard InChI is InChI=1S/C11H12ClN5S/c1-6-9-10(16(2)15-6)17(11(13)14-9)5-7-3-4-8(12)18-7/h3-4H,5H2,1-2H3,(H2,13,14). The number of halogens is 1. The van der Waals surface area contributed by atoms with Crippen molar-refractivity contribution in [3.63, 3.8) is 0 Å². The Morgan fingerprint density at radius 2 is 2.22 bits per heavy atom. The van der Waals surface area contributed by atoms with Crippen LogP contribution in [0.4, 0.5) is 5.95 Å². The highest BCUT2D eigenvalue weighted by Gasteiger charge is 2.16. The van der Waals surface area contributed by atoms with Crippen LogP contribution in [0.2, 0.25) is 4.34 Å². The summed E-state index contributed by atoms with van der Waals surface area (Å²) in [6.45, 7) is 2.60. The van der Waals surface area contributed by atoms with Crippen molar-refractivity contribution < 1.29 is 0 Å². The number of nitrogens with zero attached hydrogens (tertiary/aromatic N) is 4. The van der Waals surface area contributed by atoms with E-state index in [0.717, 1.165) is 26.1 Å². The number of hydrogen-bond donors (Lipinski definition) is 1. The minimum absolute atomic E-state index is 0.505. The highest BCUT2D eigenvalue weighted by atomic mass is 35.5. The van der Waals surface area contributed by atoms with Crippen molar-refractivity contribution in [1.82, 2.24) is 19.3 Å². The van der Waals surface area contributed by atoms with Crippen LogP contribution < -0.4 is 5.73 Å². The van der Waals surface area contributed by atoms with Crippen LogP contribution in [0.3, 0.4) is 0 Å². The third-order valence-corrected chi connectivity index (χ3v) is 4.08. The quantitative estimate of drug-likeness (QED) is 0.785. The van der Waals surface area contributed by atoms with E-state index >= 15 is 0 Å². The van der Waals surface area contributed by atoms with Gasteiger partial charge in [0.25, 0.3) is 0 Å². The number of fused-ring (bicyclic) bond motifs is 1. The molecule has 0 aromatic carbocycles. The molecule has 3 heterocycles. The highest BCUT2D eigenvalue weighted by Crippen LogP contribution is 2.26. The monoisotopic (exact) mass is 281 g/mol. The zero-order valence-corrected chi connectivity index (χ0v) is 11.6. The molecule has 94 valence electrons. The lowest BCUT2D eigenvalue weighted by molar-refractivity contribution is 0.729. The number of aromatic nitrogens is 4. The van der Waals surface area contributed by atoms with Crippen LogP contribution in [-0.4, -0.2) is 19.3 Å². The molecule has 0 aliphatic heterocycles. The maximum atomic E-state index is 5.97. The first-order valence-corrected chi connectivity index (χ1v) is 6.65. The van der Waals surface area contributed by atoms with Crippen LogP contribution >= 0.6 is 22.9 Å². The summed E-state index contributed by atoms with van der Waals surface area (Å²) in [5, 5.41) is 4.35. The fourth-order valence-electron chi connectivity index (χ4n) is 2.10. The molecule has 3 aromatic heterocycles. The van der Waals surface area contributed by atoms with Crippen LogP contribution in [0.15, 0.2) is 12.1 Å². The summed E-state index contributed by atoms with van der Waals surface area (Å²) < 4.78 is 4.54. The molecule has 0 radical (unpaired) electrons. The Hall–Kier alpha value is -1.53. The van der Waals surface area contributed by atoms with Crippen LogP contribution in [0.1, 0.15) is 10.6 Å². The molecule has 0 fully saturated rings. The Bertz CT molecular complexity index is 723. The second kappa shape index (κ2) is 4.00. The maximum absolute atomic E-state index is 5.97. The molecule has 5 nitrogen and oxygen atoms in total. The summed E-state index contributed by atoms with van der Waals surface area (Å²) in [5.41, 5.74) is 8.66. The predicted octanol–water partition coefficient (Wildman–Crippen LogP) is 2.42. The molecule has 18 heavy (non-hydrogen) atoms. The molecule has 3 aromatic rings. The second-order valence-corrected chi connectivity index (χ2v) is 5.94. The summed E-state index contributed by atoms with van der Waals surface area (Å²) in [7, 11) is 1.90. The summed E-state index contributed by atoms with van der Waals surface area (Å²) in [6.07, 6.45) is 0. The summed E-state index contributed by atoms with van der Waals surface area (Å²) in [6, 6.07) is 3.89. The molecule has 0 amide bonds. The summed E-state index contributed by atoms with van der Waals surface area (Å²) >= 11 is 7.49. The molecule has 0 saturated carbocycles. The zero-order chi connectivity index (χ0) is 12.9. The number of nitrogen functional groups attached to an aromatic ring is 1. The van der Waals surface area contributed by atoms with Crippen molar-refractivity contribution in [1.29, 1.82) is 0 Å². The van der Waals surface area contributed by atoms with Crippen LogP contribution in [0.25, 0.3) is 11.2 Å². The molecule has 0 saturated heterocycles. The maximum Gasteiger partial charge on any atom is 0.202 e. The van der Waals surface area contributed by atoms with Gasteiger partial charge in [0.05, 0.1) is 16.6 Å². The van der Waals surface area contributed by atoms with Gasteiger partial charge in [-0.25, -0.2) is 4.98 Å². The molecule has 7 heteroatoms. The van der Waals surface area contributed by atoms with E-state index in [0.29, 0.717) is 12.5 Å². The van der Waals surface area contributed by atoms with E-state index in [4.69, 9.17) is 17.3 Å². The lowest BCUT2D eigenvalue weighted by Gasteiger charge is -2.04. The first-order valence-electron chi connectivity index (χ1n) is 5.46. The second-order valence-electron chi connectivity index (χ2n) is 4.14. The summed E-state index contributed by atoms with van der Waals surface area (Å²) in [4.78, 5) is 5.51. The Kier molecular flexibility index (Phi) is 2.57. The van der Waals surface area contributed by atoms with Gasteiger partial charge in [-0.3, -0.25) is 9.25 Å². The van der Waals surface area contributed by atoms with E-state index in [1.165, 1.54) is 0 Å². The number of rotatable bonds is 2. The van der Waals surface area contributed by atoms with Crippen molar-refractivity contribution >= 4 is 40.0 Å². The molecule has 0 aliphatic carbocycles. The lowest BCUT2D eigenvalue weighted by atomic mass is 10.4. The van der Waals surface area contributed by atoms with E-state index in [2.05, 4.69) is 10.1 Å². The first kappa shape index (κ1) is 11.6. The van der Waals surface area contributed by atoms with Crippen LogP contribution in [-0.2, 0) is 13.6 Å². The van der Waals surface area contributed by atoms with Gasteiger partial charge in [0.2, 0.25) is 5.95 Å². The molecule has 2 N–H and O–H groups in total. The van der Waals surface area contributed by atoms with Crippen LogP contribution in [0, 0.1) is 6.92 Å². The fraction of sp³-hybridized carbons (Fsp3) is 0.273. The van der Waals surface area contributed by atoms with E-state index in [1.54, 1.807) is 11.3 Å². The Morgan fingerprint density at radius 3 is 2.89 bits per heavy atom. The molecule has 0 spiro atoms. The van der Waals surface area contributed by atoms with Gasteiger partial charge in [-0.15, -0.1) is 11.3 Å². The number of thiophene rings is 1. The van der Waals surface area contributed by atoms with E-state index in [9.17, 15) is 0 Å². The molecular formula is C11H12ClN5S. The van der Waals surface area contributed by atoms with Gasteiger partial charge in [0.15, 0.2) is 5.65 Å². The van der Waals surface area contributed by atoms with Crippen molar-refractivity contribution in [3.05, 3.63) is 27.0 Å². The van der Waals surface area contributed by atoms with Gasteiger partial charge in [-0.2, -0.15) is 5.10 Å². The van der Waals surface area contributed by atoms with Crippen molar-refractivity contribution in [3.8, 4) is 0 Å². The number of nitrogens with two attached hydrogens (primary N) is 1. The van der Waals surface area contributed by atoms with Gasteiger partial charge in [-0.05, 0) is 19.1 Å². The van der Waals surface area contributed by atoms with Gasteiger partial charge in [-0.1, -0.05) is 11.6 Å². The predicted molar refractivity (Wildman–Crippen MR) is 74.1 cm³/mol. The molecular weight excluding hydrogens is 270 g/mol. The minimum Gasteiger partial charge on any atom is -0.369 e. The zero-order valence-electron chi connectivity index (χ0n) is 10.0. The lowest BCUT2D eigenvalue weighted by Crippen LogP contribution is -2.07. The number of aryl methyl sites for hydroxylation is 2. The normalized spacial score (nSPS) is 11.5. The first-order chi connectivity index (χ1) is 8.56. The van der Waals surface area contributed by atoms with Gasteiger partial charge < -0.3 is 5.73 Å². The average molecular weight is 282 g/mol. The van der Waals surface area contributed by atoms with Gasteiger partial charge in [0, 0.05) is 11.9 Å². The number of imidazole rings is 1. The van der Waals surface area contributed by atoms with Crippen molar-refractivity contribution in [2.45, 2.75) is 13.5 Å². The van der Waals surface area contributed by atoms with Gasteiger partial charge in [0.1, 0.15) is 5.52 Å². The minimum atomic E-state index is 0.505. The summed E-state index contributed by atoms with van der Waals surface area (Å²) in [5.74, 6) is 0.505. The van der Waals surface area contributed by atoms with Crippen molar-refractivity contribution in [2.75, 3.05) is 5.73 Å².